The summed E-state index contributed by atoms with van der Waals surface area (Å²) in [6.45, 7) is 3.44. The number of carbonyl (C=O) groups is 1. The molecule has 0 amide bonds. The van der Waals surface area contributed by atoms with Gasteiger partial charge >= 0.3 is 5.97 Å². The standard InChI is InChI=1S/C14H25NO5S/c1-2-6-14(13(16)17)7-3-8-15(11-14)21(18,19)12-4-9-20-10-5-12/h12H,2-11H2,1H3,(H,16,17). The number of carboxylic acid groups (broad SMARTS) is 1. The molecular formula is C14H25NO5S. The first kappa shape index (κ1) is 16.7. The van der Waals surface area contributed by atoms with Crippen LogP contribution in [0.25, 0.3) is 0 Å². The summed E-state index contributed by atoms with van der Waals surface area (Å²) in [5, 5.41) is 9.15. The smallest absolute Gasteiger partial charge is 0.310 e. The van der Waals surface area contributed by atoms with E-state index in [1.165, 1.54) is 4.31 Å². The van der Waals surface area contributed by atoms with E-state index in [1.54, 1.807) is 0 Å². The lowest BCUT2D eigenvalue weighted by molar-refractivity contribution is -0.152. The average Bonchev–Trinajstić information content (AvgIpc) is 2.48. The number of hydrogen-bond donors (Lipinski definition) is 1. The summed E-state index contributed by atoms with van der Waals surface area (Å²) in [4.78, 5) is 11.7. The highest BCUT2D eigenvalue weighted by molar-refractivity contribution is 7.89. The predicted molar refractivity (Wildman–Crippen MR) is 78.5 cm³/mol. The number of nitrogens with zero attached hydrogens (tertiary/aromatic N) is 1. The monoisotopic (exact) mass is 319 g/mol. The van der Waals surface area contributed by atoms with E-state index in [0.717, 1.165) is 6.42 Å². The van der Waals surface area contributed by atoms with Crippen LogP contribution in [0.2, 0.25) is 0 Å². The quantitative estimate of drug-likeness (QED) is 0.829. The van der Waals surface area contributed by atoms with Gasteiger partial charge in [0.25, 0.3) is 0 Å². The molecule has 122 valence electrons. The van der Waals surface area contributed by atoms with Crippen molar-refractivity contribution in [2.24, 2.45) is 5.41 Å². The van der Waals surface area contributed by atoms with Crippen molar-refractivity contribution in [3.8, 4) is 0 Å². The maximum Gasteiger partial charge on any atom is 0.310 e. The fourth-order valence-electron chi connectivity index (χ4n) is 3.46. The minimum atomic E-state index is -3.42. The fourth-order valence-corrected chi connectivity index (χ4v) is 5.48. The molecule has 2 aliphatic heterocycles. The SMILES string of the molecule is CCCC1(C(=O)O)CCCN(S(=O)(=O)C2CCOCC2)C1. The highest BCUT2D eigenvalue weighted by Crippen LogP contribution is 2.37. The first-order chi connectivity index (χ1) is 9.92. The summed E-state index contributed by atoms with van der Waals surface area (Å²) in [6.07, 6.45) is 3.48. The lowest BCUT2D eigenvalue weighted by Crippen LogP contribution is -2.52. The van der Waals surface area contributed by atoms with Crippen molar-refractivity contribution in [1.29, 1.82) is 0 Å². The molecule has 0 aliphatic carbocycles. The Kier molecular flexibility index (Phi) is 5.27. The van der Waals surface area contributed by atoms with E-state index >= 15 is 0 Å². The summed E-state index contributed by atoms with van der Waals surface area (Å²) in [5.41, 5.74) is -0.911. The lowest BCUT2D eigenvalue weighted by atomic mass is 9.77. The molecule has 2 saturated heterocycles. The molecular weight excluding hydrogens is 294 g/mol. The van der Waals surface area contributed by atoms with Gasteiger partial charge in [0.05, 0.1) is 10.7 Å². The van der Waals surface area contributed by atoms with E-state index in [1.807, 2.05) is 6.92 Å². The van der Waals surface area contributed by atoms with Gasteiger partial charge < -0.3 is 9.84 Å². The van der Waals surface area contributed by atoms with Gasteiger partial charge in [-0.15, -0.1) is 0 Å². The van der Waals surface area contributed by atoms with E-state index in [9.17, 15) is 18.3 Å². The Hall–Kier alpha value is -0.660. The van der Waals surface area contributed by atoms with Crippen LogP contribution in [0, 0.1) is 5.41 Å². The van der Waals surface area contributed by atoms with Crippen molar-refractivity contribution in [3.05, 3.63) is 0 Å². The Morgan fingerprint density at radius 3 is 2.62 bits per heavy atom. The number of rotatable bonds is 5. The molecule has 6 nitrogen and oxygen atoms in total. The van der Waals surface area contributed by atoms with Crippen molar-refractivity contribution in [2.45, 2.75) is 50.7 Å². The van der Waals surface area contributed by atoms with E-state index in [0.29, 0.717) is 51.9 Å². The summed E-state index contributed by atoms with van der Waals surface area (Å²) in [7, 11) is -3.42. The Labute approximate surface area is 126 Å². The molecule has 2 rings (SSSR count). The van der Waals surface area contributed by atoms with Crippen LogP contribution >= 0.6 is 0 Å². The van der Waals surface area contributed by atoms with Crippen LogP contribution < -0.4 is 0 Å². The largest absolute Gasteiger partial charge is 0.481 e. The van der Waals surface area contributed by atoms with Gasteiger partial charge in [-0.05, 0) is 32.1 Å². The molecule has 2 aliphatic rings. The van der Waals surface area contributed by atoms with Gasteiger partial charge in [-0.1, -0.05) is 13.3 Å². The third-order valence-corrected chi connectivity index (χ3v) is 7.02. The molecule has 0 aromatic heterocycles. The number of piperidine rings is 1. The van der Waals surface area contributed by atoms with Gasteiger partial charge in [-0.25, -0.2) is 12.7 Å². The second-order valence-electron chi connectivity index (χ2n) is 6.13. The third kappa shape index (κ3) is 3.40. The Balaban J connectivity index is 2.17. The molecule has 0 aromatic rings. The van der Waals surface area contributed by atoms with Crippen molar-refractivity contribution >= 4 is 16.0 Å². The number of hydrogen-bond acceptors (Lipinski definition) is 4. The molecule has 0 spiro atoms. The van der Waals surface area contributed by atoms with Crippen LogP contribution in [0.5, 0.6) is 0 Å². The predicted octanol–water partition coefficient (Wildman–Crippen LogP) is 1.46. The van der Waals surface area contributed by atoms with Crippen LogP contribution in [0.3, 0.4) is 0 Å². The summed E-state index contributed by atoms with van der Waals surface area (Å²) >= 11 is 0. The number of carboxylic acids is 1. The first-order valence-electron chi connectivity index (χ1n) is 7.72. The molecule has 1 N–H and O–H groups in total. The van der Waals surface area contributed by atoms with Crippen molar-refractivity contribution < 1.29 is 23.1 Å². The highest BCUT2D eigenvalue weighted by Gasteiger charge is 2.46. The average molecular weight is 319 g/mol. The molecule has 0 radical (unpaired) electrons. The van der Waals surface area contributed by atoms with Crippen LogP contribution in [-0.4, -0.2) is 55.4 Å². The van der Waals surface area contributed by atoms with E-state index in [-0.39, 0.29) is 6.54 Å². The minimum Gasteiger partial charge on any atom is -0.481 e. The van der Waals surface area contributed by atoms with E-state index in [2.05, 4.69) is 0 Å². The fraction of sp³-hybridized carbons (Fsp3) is 0.929. The summed E-state index contributed by atoms with van der Waals surface area (Å²) in [5.74, 6) is -0.865. The second-order valence-corrected chi connectivity index (χ2v) is 8.34. The number of ether oxygens (including phenoxy) is 1. The molecule has 0 saturated carbocycles. The first-order valence-corrected chi connectivity index (χ1v) is 9.23. The molecule has 7 heteroatoms. The highest BCUT2D eigenvalue weighted by atomic mass is 32.2. The Morgan fingerprint density at radius 1 is 1.38 bits per heavy atom. The summed E-state index contributed by atoms with van der Waals surface area (Å²) < 4.78 is 32.1. The number of sulfonamides is 1. The molecule has 2 fully saturated rings. The van der Waals surface area contributed by atoms with Crippen LogP contribution in [-0.2, 0) is 19.6 Å². The molecule has 1 atom stereocenters. The Bertz CT molecular complexity index is 468. The van der Waals surface area contributed by atoms with Gasteiger partial charge in [0.1, 0.15) is 0 Å². The van der Waals surface area contributed by atoms with Gasteiger partial charge in [-0.3, -0.25) is 4.79 Å². The molecule has 21 heavy (non-hydrogen) atoms. The zero-order valence-electron chi connectivity index (χ0n) is 12.6. The molecule has 1 unspecified atom stereocenters. The molecule has 0 aromatic carbocycles. The summed E-state index contributed by atoms with van der Waals surface area (Å²) in [6, 6.07) is 0. The van der Waals surface area contributed by atoms with E-state index < -0.39 is 26.7 Å². The minimum absolute atomic E-state index is 0.121. The van der Waals surface area contributed by atoms with E-state index in [4.69, 9.17) is 4.74 Å². The zero-order chi connectivity index (χ0) is 15.5. The van der Waals surface area contributed by atoms with Crippen molar-refractivity contribution in [2.75, 3.05) is 26.3 Å². The second kappa shape index (κ2) is 6.62. The maximum absolute atomic E-state index is 12.7. The van der Waals surface area contributed by atoms with Crippen LogP contribution in [0.15, 0.2) is 0 Å². The normalized spacial score (nSPS) is 29.4. The van der Waals surface area contributed by atoms with Crippen molar-refractivity contribution in [1.82, 2.24) is 4.31 Å². The van der Waals surface area contributed by atoms with Crippen LogP contribution in [0.4, 0.5) is 0 Å². The Morgan fingerprint density at radius 2 is 2.05 bits per heavy atom. The third-order valence-electron chi connectivity index (χ3n) is 4.67. The lowest BCUT2D eigenvalue weighted by Gasteiger charge is -2.40. The molecule has 0 bridgehead atoms. The van der Waals surface area contributed by atoms with Crippen molar-refractivity contribution in [3.63, 3.8) is 0 Å². The van der Waals surface area contributed by atoms with Gasteiger partial charge in [0, 0.05) is 26.3 Å². The van der Waals surface area contributed by atoms with Crippen LogP contribution in [0.1, 0.15) is 45.4 Å². The van der Waals surface area contributed by atoms with Gasteiger partial charge in [-0.2, -0.15) is 0 Å². The molecule has 2 heterocycles. The number of aliphatic carboxylic acids is 1. The topological polar surface area (TPSA) is 83.9 Å². The maximum atomic E-state index is 12.7. The zero-order valence-corrected chi connectivity index (χ0v) is 13.4. The van der Waals surface area contributed by atoms with Gasteiger partial charge in [0.2, 0.25) is 10.0 Å². The van der Waals surface area contributed by atoms with Gasteiger partial charge in [0.15, 0.2) is 0 Å².